The van der Waals surface area contributed by atoms with Crippen molar-refractivity contribution in [3.8, 4) is 16.9 Å². The summed E-state index contributed by atoms with van der Waals surface area (Å²) < 4.78 is 13.1. The van der Waals surface area contributed by atoms with Gasteiger partial charge < -0.3 is 24.4 Å². The number of ether oxygens (including phenoxy) is 2. The van der Waals surface area contributed by atoms with Crippen LogP contribution in [0.25, 0.3) is 32.2 Å². The van der Waals surface area contributed by atoms with E-state index in [0.717, 1.165) is 68.2 Å². The van der Waals surface area contributed by atoms with Crippen LogP contribution in [0.5, 0.6) is 5.75 Å². The number of likely N-dealkylation sites (N-methyl/N-ethyl adjacent to an activating group) is 2. The van der Waals surface area contributed by atoms with Gasteiger partial charge in [-0.2, -0.15) is 0 Å². The fraction of sp³-hybridized carbons (Fsp3) is 0.433. The quantitative estimate of drug-likeness (QED) is 0.300. The third-order valence-electron chi connectivity index (χ3n) is 6.92. The minimum Gasteiger partial charge on any atom is -0.493 e. The molecule has 1 N–H and O–H groups in total. The molecule has 3 heterocycles. The SMILES string of the molecule is Cc1cc2nc(N(C)CCN(C)C)sc2c(-c2ccc3c4c(ccnc24)CCO3)c1C(OC(C)(C)C)C(=O)O. The molecule has 0 amide bonds. The Morgan fingerprint density at radius 1 is 1.21 bits per heavy atom. The Hall–Kier alpha value is -3.27. The topological polar surface area (TPSA) is 88.0 Å². The summed E-state index contributed by atoms with van der Waals surface area (Å²) in [5.41, 5.74) is 5.27. The van der Waals surface area contributed by atoms with Crippen molar-refractivity contribution in [2.24, 2.45) is 0 Å². The molecule has 1 unspecified atom stereocenters. The Balaban J connectivity index is 1.82. The van der Waals surface area contributed by atoms with E-state index in [9.17, 15) is 9.90 Å². The Labute approximate surface area is 233 Å². The molecule has 39 heavy (non-hydrogen) atoms. The van der Waals surface area contributed by atoms with Crippen LogP contribution in [0, 0.1) is 6.92 Å². The number of anilines is 1. The van der Waals surface area contributed by atoms with Crippen LogP contribution in [0.2, 0.25) is 0 Å². The van der Waals surface area contributed by atoms with Crippen LogP contribution in [0.1, 0.15) is 43.6 Å². The third kappa shape index (κ3) is 5.31. The van der Waals surface area contributed by atoms with Crippen LogP contribution in [0.15, 0.2) is 30.5 Å². The van der Waals surface area contributed by atoms with Crippen LogP contribution in [-0.4, -0.2) is 72.4 Å². The summed E-state index contributed by atoms with van der Waals surface area (Å²) in [6.07, 6.45) is 1.47. The van der Waals surface area contributed by atoms with Crippen molar-refractivity contribution in [1.82, 2.24) is 14.9 Å². The predicted molar refractivity (Wildman–Crippen MR) is 157 cm³/mol. The molecular weight excluding hydrogens is 512 g/mol. The summed E-state index contributed by atoms with van der Waals surface area (Å²) in [4.78, 5) is 26.8. The van der Waals surface area contributed by atoms with Gasteiger partial charge in [-0.25, -0.2) is 9.78 Å². The van der Waals surface area contributed by atoms with Gasteiger partial charge in [-0.3, -0.25) is 4.98 Å². The van der Waals surface area contributed by atoms with Gasteiger partial charge in [0.1, 0.15) is 5.75 Å². The molecule has 9 heteroatoms. The van der Waals surface area contributed by atoms with Crippen LogP contribution in [0.4, 0.5) is 5.13 Å². The molecule has 1 aliphatic heterocycles. The number of fused-ring (bicyclic) bond motifs is 1. The van der Waals surface area contributed by atoms with Gasteiger partial charge in [0.2, 0.25) is 0 Å². The van der Waals surface area contributed by atoms with E-state index in [1.807, 2.05) is 65.2 Å². The molecule has 0 fully saturated rings. The summed E-state index contributed by atoms with van der Waals surface area (Å²) in [6.45, 7) is 9.91. The molecule has 0 saturated heterocycles. The molecule has 0 saturated carbocycles. The smallest absolute Gasteiger partial charge is 0.337 e. The van der Waals surface area contributed by atoms with Crippen molar-refractivity contribution in [2.75, 3.05) is 45.7 Å². The minimum absolute atomic E-state index is 0.628. The largest absolute Gasteiger partial charge is 0.493 e. The fourth-order valence-corrected chi connectivity index (χ4v) is 6.21. The van der Waals surface area contributed by atoms with Crippen molar-refractivity contribution < 1.29 is 19.4 Å². The van der Waals surface area contributed by atoms with E-state index < -0.39 is 17.7 Å². The monoisotopic (exact) mass is 548 g/mol. The van der Waals surface area contributed by atoms with Crippen LogP contribution >= 0.6 is 11.3 Å². The highest BCUT2D eigenvalue weighted by Gasteiger charge is 2.33. The molecule has 0 radical (unpaired) electrons. The summed E-state index contributed by atoms with van der Waals surface area (Å²) in [7, 11) is 6.14. The van der Waals surface area contributed by atoms with Gasteiger partial charge in [-0.05, 0) is 77.2 Å². The molecule has 5 rings (SSSR count). The van der Waals surface area contributed by atoms with Gasteiger partial charge in [-0.1, -0.05) is 11.3 Å². The summed E-state index contributed by atoms with van der Waals surface area (Å²) in [5, 5.41) is 12.3. The number of pyridine rings is 1. The summed E-state index contributed by atoms with van der Waals surface area (Å²) >= 11 is 1.57. The Kier molecular flexibility index (Phi) is 7.26. The first-order valence-corrected chi connectivity index (χ1v) is 14.0. The van der Waals surface area contributed by atoms with Gasteiger partial charge in [-0.15, -0.1) is 0 Å². The maximum atomic E-state index is 12.8. The first-order chi connectivity index (χ1) is 18.4. The van der Waals surface area contributed by atoms with Gasteiger partial charge in [0.25, 0.3) is 0 Å². The molecule has 0 bridgehead atoms. The third-order valence-corrected chi connectivity index (χ3v) is 8.12. The summed E-state index contributed by atoms with van der Waals surface area (Å²) in [6, 6.07) is 8.00. The molecule has 4 aromatic rings. The molecule has 206 valence electrons. The summed E-state index contributed by atoms with van der Waals surface area (Å²) in [5.74, 6) is -0.219. The number of thiazole rings is 1. The van der Waals surface area contributed by atoms with Crippen LogP contribution in [0.3, 0.4) is 0 Å². The van der Waals surface area contributed by atoms with Crippen molar-refractivity contribution in [3.05, 3.63) is 47.2 Å². The highest BCUT2D eigenvalue weighted by Crippen LogP contribution is 2.47. The number of carboxylic acid groups (broad SMARTS) is 1. The van der Waals surface area contributed by atoms with E-state index in [1.165, 1.54) is 5.56 Å². The fourth-order valence-electron chi connectivity index (χ4n) is 5.10. The van der Waals surface area contributed by atoms with E-state index in [-0.39, 0.29) is 0 Å². The molecule has 2 aromatic carbocycles. The number of nitrogens with zero attached hydrogens (tertiary/aromatic N) is 4. The van der Waals surface area contributed by atoms with Crippen molar-refractivity contribution in [2.45, 2.75) is 45.8 Å². The molecule has 8 nitrogen and oxygen atoms in total. The average molecular weight is 549 g/mol. The number of carbonyl (C=O) groups is 1. The van der Waals surface area contributed by atoms with E-state index in [0.29, 0.717) is 12.2 Å². The molecule has 0 spiro atoms. The Morgan fingerprint density at radius 3 is 2.67 bits per heavy atom. The van der Waals surface area contributed by atoms with Crippen LogP contribution in [-0.2, 0) is 16.0 Å². The van der Waals surface area contributed by atoms with Crippen molar-refractivity contribution in [1.29, 1.82) is 0 Å². The van der Waals surface area contributed by atoms with Crippen molar-refractivity contribution >= 4 is 43.6 Å². The standard InChI is InChI=1S/C30H36N4O4S/c1-17-16-20-27(39-29(32-20)34(7)14-13-33(5)6)24(22(17)26(28(35)36)38-30(2,3)4)19-8-9-21-23-18(11-15-37-21)10-12-31-25(19)23/h8-10,12,16,26H,11,13-15H2,1-7H3,(H,35,36). The lowest BCUT2D eigenvalue weighted by Gasteiger charge is -2.28. The number of aromatic nitrogens is 2. The van der Waals surface area contributed by atoms with Gasteiger partial charge in [0, 0.05) is 54.8 Å². The van der Waals surface area contributed by atoms with Gasteiger partial charge in [0.15, 0.2) is 11.2 Å². The maximum absolute atomic E-state index is 12.8. The zero-order chi connectivity index (χ0) is 28.1. The Bertz CT molecular complexity index is 1550. The first-order valence-electron chi connectivity index (χ1n) is 13.2. The lowest BCUT2D eigenvalue weighted by Crippen LogP contribution is -2.28. The molecule has 1 aliphatic rings. The molecule has 1 atom stereocenters. The zero-order valence-electron chi connectivity index (χ0n) is 23.7. The molecular formula is C30H36N4O4S. The number of carboxylic acids is 1. The number of aliphatic carboxylic acids is 1. The maximum Gasteiger partial charge on any atom is 0.337 e. The van der Waals surface area contributed by atoms with E-state index >= 15 is 0 Å². The number of aryl methyl sites for hydroxylation is 1. The van der Waals surface area contributed by atoms with Crippen molar-refractivity contribution in [3.63, 3.8) is 0 Å². The normalized spacial score (nSPS) is 14.2. The number of hydrogen-bond donors (Lipinski definition) is 1. The second kappa shape index (κ2) is 10.4. The second-order valence-electron chi connectivity index (χ2n) is 11.4. The number of benzene rings is 2. The molecule has 0 aliphatic carbocycles. The average Bonchev–Trinajstić information content (AvgIpc) is 3.29. The van der Waals surface area contributed by atoms with E-state index in [2.05, 4.69) is 23.9 Å². The Morgan fingerprint density at radius 2 is 1.97 bits per heavy atom. The highest BCUT2D eigenvalue weighted by atomic mass is 32.1. The number of rotatable bonds is 8. The van der Waals surface area contributed by atoms with Gasteiger partial charge >= 0.3 is 5.97 Å². The second-order valence-corrected chi connectivity index (χ2v) is 12.4. The van der Waals surface area contributed by atoms with Crippen LogP contribution < -0.4 is 9.64 Å². The zero-order valence-corrected chi connectivity index (χ0v) is 24.5. The van der Waals surface area contributed by atoms with E-state index in [4.69, 9.17) is 19.4 Å². The lowest BCUT2D eigenvalue weighted by atomic mass is 9.89. The van der Waals surface area contributed by atoms with E-state index in [1.54, 1.807) is 11.3 Å². The first kappa shape index (κ1) is 27.3. The highest BCUT2D eigenvalue weighted by molar-refractivity contribution is 7.22. The predicted octanol–water partition coefficient (Wildman–Crippen LogP) is 5.69. The number of hydrogen-bond acceptors (Lipinski definition) is 8. The molecule has 2 aromatic heterocycles. The van der Waals surface area contributed by atoms with Gasteiger partial charge in [0.05, 0.1) is 27.9 Å². The minimum atomic E-state index is -1.16. The lowest BCUT2D eigenvalue weighted by molar-refractivity contribution is -0.160.